The molecule has 0 radical (unpaired) electrons. The van der Waals surface area contributed by atoms with E-state index >= 15 is 0 Å². The molecule has 1 spiro atoms. The van der Waals surface area contributed by atoms with E-state index < -0.39 is 5.54 Å². The maximum Gasteiger partial charge on any atom is 0.242 e. The Morgan fingerprint density at radius 3 is 2.72 bits per heavy atom. The maximum atomic E-state index is 13.1. The first-order valence-corrected chi connectivity index (χ1v) is 10.3. The second kappa shape index (κ2) is 7.21. The fraction of sp³-hybridized carbons (Fsp3) is 0.500. The van der Waals surface area contributed by atoms with Crippen LogP contribution in [0.4, 0.5) is 11.4 Å². The van der Waals surface area contributed by atoms with E-state index in [0.29, 0.717) is 13.1 Å². The van der Waals surface area contributed by atoms with Gasteiger partial charge in [-0.15, -0.1) is 0 Å². The first-order chi connectivity index (χ1) is 13.8. The van der Waals surface area contributed by atoms with E-state index in [-0.39, 0.29) is 11.4 Å². The SMILES string of the molecule is Cc1nccn1CC(=O)N1CCC[C@]2(C1)Nc1ccccc1NC2=NC(C)(C)C. The van der Waals surface area contributed by atoms with E-state index in [9.17, 15) is 4.79 Å². The Morgan fingerprint density at radius 2 is 2.03 bits per heavy atom. The number of carbonyl (C=O) groups is 1. The number of piperidine rings is 1. The molecule has 7 heteroatoms. The minimum Gasteiger partial charge on any atom is -0.370 e. The lowest BCUT2D eigenvalue weighted by Crippen LogP contribution is -2.63. The number of fused-ring (bicyclic) bond motifs is 1. The highest BCUT2D eigenvalue weighted by Gasteiger charge is 2.45. The number of nitrogens with zero attached hydrogens (tertiary/aromatic N) is 4. The third-order valence-electron chi connectivity index (χ3n) is 5.53. The van der Waals surface area contributed by atoms with Gasteiger partial charge in [-0.25, -0.2) is 4.98 Å². The molecule has 1 aromatic carbocycles. The summed E-state index contributed by atoms with van der Waals surface area (Å²) in [5.41, 5.74) is 1.46. The number of imidazole rings is 1. The molecule has 2 aromatic rings. The molecule has 1 saturated heterocycles. The molecule has 2 N–H and O–H groups in total. The van der Waals surface area contributed by atoms with Gasteiger partial charge < -0.3 is 20.1 Å². The first kappa shape index (κ1) is 19.5. The molecule has 1 atom stereocenters. The van der Waals surface area contributed by atoms with Crippen molar-refractivity contribution < 1.29 is 4.79 Å². The minimum absolute atomic E-state index is 0.112. The molecule has 2 aliphatic rings. The van der Waals surface area contributed by atoms with Crippen molar-refractivity contribution in [3.8, 4) is 0 Å². The van der Waals surface area contributed by atoms with Crippen LogP contribution in [0.25, 0.3) is 0 Å². The molecule has 154 valence electrons. The maximum absolute atomic E-state index is 13.1. The number of para-hydroxylation sites is 2. The summed E-state index contributed by atoms with van der Waals surface area (Å²) in [6.45, 7) is 9.90. The third-order valence-corrected chi connectivity index (χ3v) is 5.53. The van der Waals surface area contributed by atoms with Gasteiger partial charge in [0.25, 0.3) is 0 Å². The Hall–Kier alpha value is -2.83. The van der Waals surface area contributed by atoms with Crippen LogP contribution >= 0.6 is 0 Å². The van der Waals surface area contributed by atoms with Crippen molar-refractivity contribution in [2.75, 3.05) is 23.7 Å². The number of anilines is 2. The van der Waals surface area contributed by atoms with Crippen molar-refractivity contribution in [1.29, 1.82) is 0 Å². The fourth-order valence-electron chi connectivity index (χ4n) is 4.12. The summed E-state index contributed by atoms with van der Waals surface area (Å²) in [6, 6.07) is 8.18. The monoisotopic (exact) mass is 394 g/mol. The quantitative estimate of drug-likeness (QED) is 0.820. The summed E-state index contributed by atoms with van der Waals surface area (Å²) in [6.07, 6.45) is 5.44. The number of amides is 1. The zero-order valence-corrected chi connectivity index (χ0v) is 17.7. The Bertz CT molecular complexity index is 941. The Labute approximate surface area is 172 Å². The van der Waals surface area contributed by atoms with Gasteiger partial charge in [0.1, 0.15) is 23.7 Å². The lowest BCUT2D eigenvalue weighted by atomic mass is 9.84. The van der Waals surface area contributed by atoms with Gasteiger partial charge in [0.2, 0.25) is 5.91 Å². The number of aryl methyl sites for hydroxylation is 1. The predicted octanol–water partition coefficient (Wildman–Crippen LogP) is 3.29. The van der Waals surface area contributed by atoms with Crippen molar-refractivity contribution in [3.63, 3.8) is 0 Å². The highest BCUT2D eigenvalue weighted by Crippen LogP contribution is 2.37. The summed E-state index contributed by atoms with van der Waals surface area (Å²) < 4.78 is 1.90. The van der Waals surface area contributed by atoms with Crippen molar-refractivity contribution >= 4 is 23.1 Å². The number of nitrogens with one attached hydrogen (secondary N) is 2. The number of hydrogen-bond donors (Lipinski definition) is 2. The zero-order valence-electron chi connectivity index (χ0n) is 17.7. The van der Waals surface area contributed by atoms with Gasteiger partial charge >= 0.3 is 0 Å². The highest BCUT2D eigenvalue weighted by molar-refractivity contribution is 6.10. The van der Waals surface area contributed by atoms with Gasteiger partial charge in [0.05, 0.1) is 23.5 Å². The van der Waals surface area contributed by atoms with Gasteiger partial charge in [0.15, 0.2) is 0 Å². The smallest absolute Gasteiger partial charge is 0.242 e. The third kappa shape index (κ3) is 3.99. The van der Waals surface area contributed by atoms with Crippen LogP contribution in [0.3, 0.4) is 0 Å². The van der Waals surface area contributed by atoms with E-state index in [1.165, 1.54) is 0 Å². The normalized spacial score (nSPS) is 22.9. The standard InChI is InChI=1S/C22H30N6O/c1-16-23-11-13-27(16)14-19(29)28-12-7-10-22(15-28)20(26-21(2,3)4)24-17-8-5-6-9-18(17)25-22/h5-6,8-9,11,13,25H,7,10,12,14-15H2,1-4H3,(H,24,26)/t22-/m1/s1. The molecule has 29 heavy (non-hydrogen) atoms. The van der Waals surface area contributed by atoms with Crippen LogP contribution in [0, 0.1) is 6.92 Å². The van der Waals surface area contributed by atoms with Crippen molar-refractivity contribution in [2.45, 2.75) is 58.2 Å². The molecule has 1 aromatic heterocycles. The van der Waals surface area contributed by atoms with Crippen molar-refractivity contribution in [1.82, 2.24) is 14.5 Å². The fourth-order valence-corrected chi connectivity index (χ4v) is 4.12. The average Bonchev–Trinajstić information content (AvgIpc) is 3.06. The molecular formula is C22H30N6O. The van der Waals surface area contributed by atoms with Gasteiger partial charge in [-0.1, -0.05) is 12.1 Å². The number of aromatic nitrogens is 2. The Kier molecular flexibility index (Phi) is 4.84. The molecule has 1 amide bonds. The number of carbonyl (C=O) groups excluding carboxylic acids is 1. The molecular weight excluding hydrogens is 364 g/mol. The number of likely N-dealkylation sites (tertiary alicyclic amines) is 1. The summed E-state index contributed by atoms with van der Waals surface area (Å²) >= 11 is 0. The van der Waals surface area contributed by atoms with E-state index in [4.69, 9.17) is 4.99 Å². The molecule has 0 bridgehead atoms. The molecule has 2 aliphatic heterocycles. The summed E-state index contributed by atoms with van der Waals surface area (Å²) in [5, 5.41) is 7.30. The number of amidine groups is 1. The highest BCUT2D eigenvalue weighted by atomic mass is 16.2. The van der Waals surface area contributed by atoms with E-state index in [2.05, 4.69) is 48.5 Å². The lowest BCUT2D eigenvalue weighted by molar-refractivity contribution is -0.133. The second-order valence-corrected chi connectivity index (χ2v) is 9.03. The number of hydrogen-bond acceptors (Lipinski definition) is 4. The molecule has 0 unspecified atom stereocenters. The molecule has 4 rings (SSSR count). The molecule has 0 saturated carbocycles. The Balaban J connectivity index is 1.64. The summed E-state index contributed by atoms with van der Waals surface area (Å²) in [7, 11) is 0. The van der Waals surface area contributed by atoms with E-state index in [0.717, 1.165) is 42.4 Å². The van der Waals surface area contributed by atoms with Crippen LogP contribution in [0.2, 0.25) is 0 Å². The van der Waals surface area contributed by atoms with Crippen LogP contribution in [-0.2, 0) is 11.3 Å². The van der Waals surface area contributed by atoms with Crippen LogP contribution in [0.5, 0.6) is 0 Å². The average molecular weight is 395 g/mol. The van der Waals surface area contributed by atoms with Crippen LogP contribution in [0.1, 0.15) is 39.4 Å². The first-order valence-electron chi connectivity index (χ1n) is 10.3. The largest absolute Gasteiger partial charge is 0.370 e. The van der Waals surface area contributed by atoms with Crippen molar-refractivity contribution in [2.24, 2.45) is 4.99 Å². The van der Waals surface area contributed by atoms with Crippen LogP contribution in [-0.4, -0.2) is 50.4 Å². The lowest BCUT2D eigenvalue weighted by Gasteiger charge is -2.48. The number of benzene rings is 1. The van der Waals surface area contributed by atoms with E-state index in [1.807, 2.05) is 34.7 Å². The molecule has 0 aliphatic carbocycles. The number of rotatable bonds is 2. The second-order valence-electron chi connectivity index (χ2n) is 9.03. The predicted molar refractivity (Wildman–Crippen MR) is 116 cm³/mol. The van der Waals surface area contributed by atoms with E-state index in [1.54, 1.807) is 6.20 Å². The van der Waals surface area contributed by atoms with Gasteiger partial charge in [-0.3, -0.25) is 9.79 Å². The minimum atomic E-state index is -0.403. The van der Waals surface area contributed by atoms with Gasteiger partial charge in [-0.05, 0) is 52.7 Å². The summed E-state index contributed by atoms with van der Waals surface area (Å²) in [4.78, 5) is 24.3. The van der Waals surface area contributed by atoms with Crippen LogP contribution < -0.4 is 10.6 Å². The van der Waals surface area contributed by atoms with Gasteiger partial charge in [-0.2, -0.15) is 0 Å². The van der Waals surface area contributed by atoms with Crippen LogP contribution in [0.15, 0.2) is 41.7 Å². The Morgan fingerprint density at radius 1 is 1.28 bits per heavy atom. The summed E-state index contributed by atoms with van der Waals surface area (Å²) in [5.74, 6) is 1.88. The molecule has 3 heterocycles. The van der Waals surface area contributed by atoms with Crippen molar-refractivity contribution in [3.05, 3.63) is 42.5 Å². The molecule has 1 fully saturated rings. The van der Waals surface area contributed by atoms with Gasteiger partial charge in [0, 0.05) is 18.9 Å². The zero-order chi connectivity index (χ0) is 20.6. The number of aliphatic imine (C=N–C) groups is 1. The topological polar surface area (TPSA) is 74.6 Å². The molecule has 7 nitrogen and oxygen atoms in total.